The fourth-order valence-electron chi connectivity index (χ4n) is 3.96. The minimum absolute atomic E-state index is 0.0121. The van der Waals surface area contributed by atoms with Crippen molar-refractivity contribution in [3.05, 3.63) is 81.8 Å². The minimum atomic E-state index is -0.150. The lowest BCUT2D eigenvalue weighted by Gasteiger charge is -2.12. The average Bonchev–Trinajstić information content (AvgIpc) is 3.43. The zero-order valence-electron chi connectivity index (χ0n) is 19.0. The Bertz CT molecular complexity index is 1320. The molecule has 0 aliphatic heterocycles. The molecule has 8 heteroatoms. The molecule has 3 aromatic heterocycles. The molecule has 4 aromatic rings. The number of ether oxygens (including phenoxy) is 1. The molecule has 0 radical (unpaired) electrons. The molecule has 33 heavy (non-hydrogen) atoms. The number of fused-ring (bicyclic) bond motifs is 1. The first-order valence-corrected chi connectivity index (χ1v) is 11.8. The van der Waals surface area contributed by atoms with Crippen molar-refractivity contribution in [3.8, 4) is 0 Å². The topological polar surface area (TPSA) is 79.3 Å². The number of aryl methyl sites for hydroxylation is 1. The second kappa shape index (κ2) is 10.2. The summed E-state index contributed by atoms with van der Waals surface area (Å²) < 4.78 is 14.3. The third-order valence-electron chi connectivity index (χ3n) is 5.66. The number of aromatic nitrogens is 3. The van der Waals surface area contributed by atoms with Crippen LogP contribution >= 0.6 is 11.8 Å². The number of rotatable bonds is 10. The van der Waals surface area contributed by atoms with E-state index in [1.807, 2.05) is 44.2 Å². The molecule has 0 saturated heterocycles. The van der Waals surface area contributed by atoms with Gasteiger partial charge in [-0.15, -0.1) is 0 Å². The predicted octanol–water partition coefficient (Wildman–Crippen LogP) is 4.47. The number of para-hydroxylation sites is 1. The molecule has 0 aliphatic rings. The number of Topliss-reactive ketones (excluding diaryl/α,β-unsaturated/α-hetero) is 1. The summed E-state index contributed by atoms with van der Waals surface area (Å²) in [6.45, 7) is 5.72. The van der Waals surface area contributed by atoms with E-state index in [2.05, 4.69) is 4.57 Å². The van der Waals surface area contributed by atoms with E-state index in [1.54, 1.807) is 30.1 Å². The number of carbonyl (C=O) groups is 1. The molecule has 1 aromatic carbocycles. The van der Waals surface area contributed by atoms with Crippen molar-refractivity contribution >= 4 is 28.4 Å². The van der Waals surface area contributed by atoms with Gasteiger partial charge in [-0.25, -0.2) is 4.98 Å². The summed E-state index contributed by atoms with van der Waals surface area (Å²) in [5.41, 5.74) is 3.18. The van der Waals surface area contributed by atoms with Gasteiger partial charge in [-0.3, -0.25) is 14.2 Å². The lowest BCUT2D eigenvalue weighted by atomic mass is 10.2. The number of hydrogen-bond acceptors (Lipinski definition) is 6. The van der Waals surface area contributed by atoms with Crippen LogP contribution in [0.1, 0.15) is 33.9 Å². The first-order chi connectivity index (χ1) is 16.0. The summed E-state index contributed by atoms with van der Waals surface area (Å²) in [5, 5.41) is 1.04. The highest BCUT2D eigenvalue weighted by Crippen LogP contribution is 2.23. The standard InChI is InChI=1S/C25H27N3O4S/c1-17-14-21(18(2)27(17)11-7-12-31-3)23(29)16-33-25-26-22-10-5-4-9-20(22)24(30)28(25)15-19-8-6-13-32-19/h4-6,8-10,13-14H,7,11-12,15-16H2,1-3H3. The highest BCUT2D eigenvalue weighted by atomic mass is 32.2. The van der Waals surface area contributed by atoms with E-state index < -0.39 is 0 Å². The molecule has 7 nitrogen and oxygen atoms in total. The van der Waals surface area contributed by atoms with Crippen LogP contribution in [0.25, 0.3) is 10.9 Å². The molecule has 0 spiro atoms. The largest absolute Gasteiger partial charge is 0.467 e. The molecular formula is C25H27N3O4S. The molecule has 0 saturated carbocycles. The molecule has 0 N–H and O–H groups in total. The maximum atomic E-state index is 13.2. The smallest absolute Gasteiger partial charge is 0.262 e. The van der Waals surface area contributed by atoms with Crippen LogP contribution in [0.15, 0.2) is 63.1 Å². The average molecular weight is 466 g/mol. The number of ketones is 1. The van der Waals surface area contributed by atoms with Gasteiger partial charge in [0.15, 0.2) is 10.9 Å². The van der Waals surface area contributed by atoms with Gasteiger partial charge in [0.25, 0.3) is 5.56 Å². The van der Waals surface area contributed by atoms with Crippen LogP contribution in [-0.2, 0) is 17.8 Å². The number of thioether (sulfide) groups is 1. The molecule has 172 valence electrons. The van der Waals surface area contributed by atoms with Crippen LogP contribution in [0.4, 0.5) is 0 Å². The molecule has 0 bridgehead atoms. The number of furan rings is 1. The van der Waals surface area contributed by atoms with E-state index in [1.165, 1.54) is 11.8 Å². The Morgan fingerprint density at radius 3 is 2.73 bits per heavy atom. The van der Waals surface area contributed by atoms with Crippen molar-refractivity contribution in [2.24, 2.45) is 0 Å². The quantitative estimate of drug-likeness (QED) is 0.149. The Morgan fingerprint density at radius 1 is 1.15 bits per heavy atom. The van der Waals surface area contributed by atoms with Gasteiger partial charge >= 0.3 is 0 Å². The van der Waals surface area contributed by atoms with Gasteiger partial charge in [-0.1, -0.05) is 23.9 Å². The third kappa shape index (κ3) is 4.96. The van der Waals surface area contributed by atoms with Crippen LogP contribution in [0.2, 0.25) is 0 Å². The van der Waals surface area contributed by atoms with Crippen LogP contribution < -0.4 is 5.56 Å². The van der Waals surface area contributed by atoms with Crippen molar-refractivity contribution in [2.45, 2.75) is 38.5 Å². The van der Waals surface area contributed by atoms with Gasteiger partial charge in [0, 0.05) is 37.2 Å². The Morgan fingerprint density at radius 2 is 1.97 bits per heavy atom. The van der Waals surface area contributed by atoms with E-state index in [9.17, 15) is 9.59 Å². The number of nitrogens with zero attached hydrogens (tertiary/aromatic N) is 3. The SMILES string of the molecule is COCCCn1c(C)cc(C(=O)CSc2nc3ccccc3c(=O)n2Cc2ccco2)c1C. The second-order valence-electron chi connectivity index (χ2n) is 7.88. The van der Waals surface area contributed by atoms with Crippen molar-refractivity contribution in [1.82, 2.24) is 14.1 Å². The monoisotopic (exact) mass is 465 g/mol. The molecule has 0 atom stereocenters. The van der Waals surface area contributed by atoms with Crippen molar-refractivity contribution in [2.75, 3.05) is 19.5 Å². The fourth-order valence-corrected chi connectivity index (χ4v) is 4.84. The number of hydrogen-bond donors (Lipinski definition) is 0. The van der Waals surface area contributed by atoms with Crippen molar-refractivity contribution < 1.29 is 13.9 Å². The highest BCUT2D eigenvalue weighted by molar-refractivity contribution is 7.99. The van der Waals surface area contributed by atoms with Gasteiger partial charge in [-0.2, -0.15) is 0 Å². The number of carbonyl (C=O) groups excluding carboxylic acids is 1. The summed E-state index contributed by atoms with van der Waals surface area (Å²) in [6, 6.07) is 12.8. The van der Waals surface area contributed by atoms with E-state index in [0.717, 1.165) is 24.4 Å². The Kier molecular flexibility index (Phi) is 7.15. The van der Waals surface area contributed by atoms with Gasteiger partial charge in [-0.05, 0) is 50.6 Å². The number of methoxy groups -OCH3 is 1. The van der Waals surface area contributed by atoms with Gasteiger partial charge < -0.3 is 13.7 Å². The van der Waals surface area contributed by atoms with Crippen LogP contribution in [-0.4, -0.2) is 39.4 Å². The molecule has 0 unspecified atom stereocenters. The second-order valence-corrected chi connectivity index (χ2v) is 8.82. The minimum Gasteiger partial charge on any atom is -0.467 e. The molecule has 4 rings (SSSR count). The maximum absolute atomic E-state index is 13.2. The molecule has 3 heterocycles. The lowest BCUT2D eigenvalue weighted by molar-refractivity contribution is 0.102. The molecule has 0 amide bonds. The summed E-state index contributed by atoms with van der Waals surface area (Å²) in [4.78, 5) is 31.0. The zero-order valence-corrected chi connectivity index (χ0v) is 19.9. The van der Waals surface area contributed by atoms with Crippen LogP contribution in [0, 0.1) is 13.8 Å². The van der Waals surface area contributed by atoms with E-state index in [-0.39, 0.29) is 23.6 Å². The highest BCUT2D eigenvalue weighted by Gasteiger charge is 2.18. The van der Waals surface area contributed by atoms with Crippen LogP contribution in [0.5, 0.6) is 0 Å². The van der Waals surface area contributed by atoms with Gasteiger partial charge in [0.05, 0.1) is 29.5 Å². The first-order valence-electron chi connectivity index (χ1n) is 10.8. The maximum Gasteiger partial charge on any atom is 0.262 e. The molecular weight excluding hydrogens is 438 g/mol. The number of benzene rings is 1. The Hall–Kier alpha value is -3.10. The Labute approximate surface area is 196 Å². The summed E-state index contributed by atoms with van der Waals surface area (Å²) >= 11 is 1.28. The summed E-state index contributed by atoms with van der Waals surface area (Å²) in [7, 11) is 1.69. The normalized spacial score (nSPS) is 11.4. The summed E-state index contributed by atoms with van der Waals surface area (Å²) in [6.07, 6.45) is 2.46. The van der Waals surface area contributed by atoms with E-state index in [0.29, 0.717) is 34.0 Å². The van der Waals surface area contributed by atoms with Crippen LogP contribution in [0.3, 0.4) is 0 Å². The van der Waals surface area contributed by atoms with Crippen molar-refractivity contribution in [1.29, 1.82) is 0 Å². The lowest BCUT2D eigenvalue weighted by Crippen LogP contribution is -2.24. The third-order valence-corrected chi connectivity index (χ3v) is 6.63. The predicted molar refractivity (Wildman–Crippen MR) is 129 cm³/mol. The fraction of sp³-hybridized carbons (Fsp3) is 0.320. The van der Waals surface area contributed by atoms with E-state index in [4.69, 9.17) is 14.1 Å². The molecule has 0 fully saturated rings. The first kappa shape index (κ1) is 23.1. The van der Waals surface area contributed by atoms with Crippen molar-refractivity contribution in [3.63, 3.8) is 0 Å². The van der Waals surface area contributed by atoms with E-state index >= 15 is 0 Å². The zero-order chi connectivity index (χ0) is 23.4. The van der Waals surface area contributed by atoms with Gasteiger partial charge in [0.1, 0.15) is 5.76 Å². The summed E-state index contributed by atoms with van der Waals surface area (Å²) in [5.74, 6) is 0.852. The van der Waals surface area contributed by atoms with Gasteiger partial charge in [0.2, 0.25) is 0 Å². The molecule has 0 aliphatic carbocycles. The Balaban J connectivity index is 1.60.